The van der Waals surface area contributed by atoms with Crippen molar-refractivity contribution in [2.75, 3.05) is 0 Å². The van der Waals surface area contributed by atoms with Crippen LogP contribution in [0.15, 0.2) is 60.7 Å². The number of piperidine rings is 1. The van der Waals surface area contributed by atoms with Crippen LogP contribution in [0.1, 0.15) is 56.3 Å². The van der Waals surface area contributed by atoms with Crippen molar-refractivity contribution in [1.82, 2.24) is 5.32 Å². The van der Waals surface area contributed by atoms with E-state index in [0.29, 0.717) is 0 Å². The molecule has 0 aromatic heterocycles. The second-order valence-electron chi connectivity index (χ2n) is 6.86. The molecule has 4 atom stereocenters. The third-order valence-corrected chi connectivity index (χ3v) is 5.33. The molecule has 2 N–H and O–H groups in total. The lowest BCUT2D eigenvalue weighted by molar-refractivity contribution is -0.0743. The van der Waals surface area contributed by atoms with Gasteiger partial charge < -0.3 is 10.4 Å². The normalized spacial score (nSPS) is 31.0. The number of hydrogen-bond acceptors (Lipinski definition) is 2. The van der Waals surface area contributed by atoms with Crippen LogP contribution in [0.5, 0.6) is 0 Å². The first-order valence-corrected chi connectivity index (χ1v) is 8.72. The number of hydrogen-bond donors (Lipinski definition) is 2. The van der Waals surface area contributed by atoms with E-state index >= 15 is 0 Å². The highest BCUT2D eigenvalue weighted by atomic mass is 16.3. The summed E-state index contributed by atoms with van der Waals surface area (Å²) in [7, 11) is 0. The van der Waals surface area contributed by atoms with E-state index in [9.17, 15) is 5.11 Å². The fourth-order valence-electron chi connectivity index (χ4n) is 3.98. The zero-order chi connectivity index (χ0) is 16.3. The topological polar surface area (TPSA) is 32.3 Å². The molecule has 0 saturated carbocycles. The minimum absolute atomic E-state index is 0.173. The predicted octanol–water partition coefficient (Wildman–Crippen LogP) is 4.63. The molecule has 2 nitrogen and oxygen atoms in total. The van der Waals surface area contributed by atoms with Crippen molar-refractivity contribution >= 4 is 0 Å². The fraction of sp³-hybridized carbons (Fsp3) is 0.429. The lowest BCUT2D eigenvalue weighted by Crippen LogP contribution is -2.52. The second-order valence-corrected chi connectivity index (χ2v) is 6.86. The Kier molecular flexibility index (Phi) is 4.84. The van der Waals surface area contributed by atoms with E-state index in [-0.39, 0.29) is 18.0 Å². The Morgan fingerprint density at radius 2 is 1.57 bits per heavy atom. The first kappa shape index (κ1) is 16.2. The quantitative estimate of drug-likeness (QED) is 0.863. The van der Waals surface area contributed by atoms with E-state index in [4.69, 9.17) is 0 Å². The van der Waals surface area contributed by atoms with Gasteiger partial charge in [-0.05, 0) is 24.0 Å². The van der Waals surface area contributed by atoms with Gasteiger partial charge in [0, 0.05) is 18.0 Å². The maximum atomic E-state index is 11.4. The summed E-state index contributed by atoms with van der Waals surface area (Å²) < 4.78 is 0. The van der Waals surface area contributed by atoms with Crippen LogP contribution in [0.4, 0.5) is 0 Å². The van der Waals surface area contributed by atoms with Gasteiger partial charge in [-0.25, -0.2) is 0 Å². The molecule has 0 amide bonds. The highest BCUT2D eigenvalue weighted by molar-refractivity contribution is 5.26. The lowest BCUT2D eigenvalue weighted by Gasteiger charge is -2.48. The molecule has 2 aromatic rings. The molecule has 2 aromatic carbocycles. The maximum Gasteiger partial charge on any atom is 0.0709 e. The summed E-state index contributed by atoms with van der Waals surface area (Å²) in [6, 6.07) is 21.4. The van der Waals surface area contributed by atoms with Gasteiger partial charge >= 0.3 is 0 Å². The molecule has 1 aliphatic heterocycles. The lowest BCUT2D eigenvalue weighted by atomic mass is 9.70. The molecule has 0 radical (unpaired) electrons. The van der Waals surface area contributed by atoms with Crippen LogP contribution >= 0.6 is 0 Å². The van der Waals surface area contributed by atoms with Gasteiger partial charge in [-0.2, -0.15) is 0 Å². The summed E-state index contributed by atoms with van der Waals surface area (Å²) in [5.41, 5.74) is 1.89. The van der Waals surface area contributed by atoms with Gasteiger partial charge in [-0.1, -0.05) is 80.9 Å². The minimum atomic E-state index is -0.624. The average molecular weight is 309 g/mol. The third-order valence-electron chi connectivity index (χ3n) is 5.33. The van der Waals surface area contributed by atoms with Crippen molar-refractivity contribution in [3.8, 4) is 0 Å². The highest BCUT2D eigenvalue weighted by Gasteiger charge is 2.45. The zero-order valence-corrected chi connectivity index (χ0v) is 14.1. The molecular weight excluding hydrogens is 282 g/mol. The zero-order valence-electron chi connectivity index (χ0n) is 14.1. The van der Waals surface area contributed by atoms with Crippen LogP contribution in [-0.2, 0) is 0 Å². The summed E-state index contributed by atoms with van der Waals surface area (Å²) in [6.45, 7) is 4.34. The Hall–Kier alpha value is -1.64. The largest absolute Gasteiger partial charge is 0.389 e. The highest BCUT2D eigenvalue weighted by Crippen LogP contribution is 2.45. The first-order chi connectivity index (χ1) is 11.1. The van der Waals surface area contributed by atoms with E-state index < -0.39 is 5.60 Å². The molecule has 1 heterocycles. The van der Waals surface area contributed by atoms with Gasteiger partial charge in [0.15, 0.2) is 0 Å². The number of rotatable bonds is 4. The van der Waals surface area contributed by atoms with Crippen molar-refractivity contribution in [3.63, 3.8) is 0 Å². The van der Waals surface area contributed by atoms with Crippen molar-refractivity contribution in [2.45, 2.75) is 50.8 Å². The number of benzene rings is 2. The van der Waals surface area contributed by atoms with Gasteiger partial charge in [0.25, 0.3) is 0 Å². The van der Waals surface area contributed by atoms with Gasteiger partial charge in [-0.15, -0.1) is 0 Å². The first-order valence-electron chi connectivity index (χ1n) is 8.72. The third kappa shape index (κ3) is 3.34. The van der Waals surface area contributed by atoms with Crippen LogP contribution in [0.25, 0.3) is 0 Å². The van der Waals surface area contributed by atoms with Crippen molar-refractivity contribution in [3.05, 3.63) is 71.8 Å². The van der Waals surface area contributed by atoms with E-state index in [1.807, 2.05) is 12.1 Å². The van der Waals surface area contributed by atoms with Crippen LogP contribution in [0, 0.1) is 5.92 Å². The standard InChI is InChI=1S/C21H27NO/c1-3-14-21(23)15-19(17-10-6-4-7-11-17)22-20(16(21)2)18-12-8-5-9-13-18/h4-13,16,19-20,22-23H,3,14-15H2,1-2H3/t16-,19-,20+,21-/m0/s1. The molecule has 1 fully saturated rings. The molecule has 1 aliphatic rings. The molecule has 0 bridgehead atoms. The molecule has 23 heavy (non-hydrogen) atoms. The molecule has 0 spiro atoms. The average Bonchev–Trinajstić information content (AvgIpc) is 2.59. The van der Waals surface area contributed by atoms with Gasteiger partial charge in [0.05, 0.1) is 5.60 Å². The van der Waals surface area contributed by atoms with E-state index in [0.717, 1.165) is 19.3 Å². The fourth-order valence-corrected chi connectivity index (χ4v) is 3.98. The van der Waals surface area contributed by atoms with Crippen molar-refractivity contribution in [1.29, 1.82) is 0 Å². The molecule has 1 saturated heterocycles. The molecule has 0 unspecified atom stereocenters. The van der Waals surface area contributed by atoms with Gasteiger partial charge in [-0.3, -0.25) is 0 Å². The molecule has 122 valence electrons. The Balaban J connectivity index is 1.95. The van der Waals surface area contributed by atoms with E-state index in [1.165, 1.54) is 11.1 Å². The van der Waals surface area contributed by atoms with Crippen LogP contribution in [0.2, 0.25) is 0 Å². The minimum Gasteiger partial charge on any atom is -0.389 e. The summed E-state index contributed by atoms with van der Waals surface area (Å²) in [5.74, 6) is 0.185. The Morgan fingerprint density at radius 1 is 1.00 bits per heavy atom. The molecule has 3 rings (SSSR count). The van der Waals surface area contributed by atoms with Crippen molar-refractivity contribution in [2.24, 2.45) is 5.92 Å². The van der Waals surface area contributed by atoms with Gasteiger partial charge in [0.1, 0.15) is 0 Å². The van der Waals surface area contributed by atoms with Crippen LogP contribution in [-0.4, -0.2) is 10.7 Å². The van der Waals surface area contributed by atoms with Crippen LogP contribution < -0.4 is 5.32 Å². The summed E-state index contributed by atoms with van der Waals surface area (Å²) in [5, 5.41) is 15.2. The van der Waals surface area contributed by atoms with Crippen molar-refractivity contribution < 1.29 is 5.11 Å². The Labute approximate surface area is 139 Å². The van der Waals surface area contributed by atoms with Crippen LogP contribution in [0.3, 0.4) is 0 Å². The van der Waals surface area contributed by atoms with Gasteiger partial charge in [0.2, 0.25) is 0 Å². The predicted molar refractivity (Wildman–Crippen MR) is 95.1 cm³/mol. The Bertz CT molecular complexity index is 612. The number of aliphatic hydroxyl groups is 1. The SMILES string of the molecule is CCC[C@]1(O)C[C@@H](c2ccccc2)N[C@@H](c2ccccc2)[C@@H]1C. The molecule has 2 heteroatoms. The summed E-state index contributed by atoms with van der Waals surface area (Å²) in [4.78, 5) is 0. The summed E-state index contributed by atoms with van der Waals surface area (Å²) in [6.07, 6.45) is 2.63. The Morgan fingerprint density at radius 3 is 2.13 bits per heavy atom. The number of nitrogens with one attached hydrogen (secondary N) is 1. The van der Waals surface area contributed by atoms with E-state index in [2.05, 4.69) is 67.7 Å². The smallest absolute Gasteiger partial charge is 0.0709 e. The second kappa shape index (κ2) is 6.86. The monoisotopic (exact) mass is 309 g/mol. The van der Waals surface area contributed by atoms with E-state index in [1.54, 1.807) is 0 Å². The maximum absolute atomic E-state index is 11.4. The molecule has 0 aliphatic carbocycles. The molecular formula is C21H27NO. The summed E-state index contributed by atoms with van der Waals surface area (Å²) >= 11 is 0.